The Hall–Kier alpha value is -0.780. The van der Waals surface area contributed by atoms with E-state index in [1.54, 1.807) is 0 Å². The Balaban J connectivity index is 2.20. The zero-order valence-corrected chi connectivity index (χ0v) is 12.6. The predicted octanol–water partition coefficient (Wildman–Crippen LogP) is 2.90. The first-order chi connectivity index (χ1) is 9.24. The van der Waals surface area contributed by atoms with Crippen molar-refractivity contribution < 1.29 is 19.3 Å². The van der Waals surface area contributed by atoms with Crippen molar-refractivity contribution in [3.63, 3.8) is 0 Å². The van der Waals surface area contributed by atoms with E-state index in [1.165, 1.54) is 0 Å². The summed E-state index contributed by atoms with van der Waals surface area (Å²) in [5, 5.41) is 9.23. The number of rotatable bonds is 5. The average Bonchev–Trinajstić information content (AvgIpc) is 2.43. The summed E-state index contributed by atoms with van der Waals surface area (Å²) >= 11 is 3.48. The first-order valence-electron chi connectivity index (χ1n) is 6.55. The van der Waals surface area contributed by atoms with E-state index in [2.05, 4.69) is 15.9 Å². The van der Waals surface area contributed by atoms with Crippen LogP contribution < -0.4 is 9.47 Å². The Kier molecular flexibility index (Phi) is 5.48. The lowest BCUT2D eigenvalue weighted by Crippen LogP contribution is -2.28. The molecule has 0 bridgehead atoms. The van der Waals surface area contributed by atoms with Gasteiger partial charge < -0.3 is 19.3 Å². The molecule has 0 radical (unpaired) electrons. The molecule has 1 aromatic rings. The van der Waals surface area contributed by atoms with Crippen LogP contribution in [0.2, 0.25) is 0 Å². The van der Waals surface area contributed by atoms with Gasteiger partial charge in [-0.3, -0.25) is 0 Å². The molecule has 1 unspecified atom stereocenters. The first-order valence-corrected chi connectivity index (χ1v) is 7.34. The molecule has 106 valence electrons. The van der Waals surface area contributed by atoms with Crippen LogP contribution in [0.25, 0.3) is 0 Å². The highest BCUT2D eigenvalue weighted by atomic mass is 79.9. The molecule has 1 aliphatic heterocycles. The number of aliphatic hydroxyl groups is 1. The van der Waals surface area contributed by atoms with Crippen molar-refractivity contribution >= 4 is 15.9 Å². The Morgan fingerprint density at radius 3 is 2.95 bits per heavy atom. The molecule has 1 saturated heterocycles. The molecule has 0 amide bonds. The summed E-state index contributed by atoms with van der Waals surface area (Å²) in [6, 6.07) is 3.66. The van der Waals surface area contributed by atoms with Crippen molar-refractivity contribution in [2.75, 3.05) is 19.8 Å². The van der Waals surface area contributed by atoms with E-state index < -0.39 is 0 Å². The molecular formula is C14H19BrO4. The molecule has 2 rings (SSSR count). The lowest BCUT2D eigenvalue weighted by atomic mass is 10.1. The summed E-state index contributed by atoms with van der Waals surface area (Å²) in [6.07, 6.45) is 2.06. The third-order valence-corrected chi connectivity index (χ3v) is 3.54. The van der Waals surface area contributed by atoms with Gasteiger partial charge in [-0.05, 0) is 53.4 Å². The normalized spacial score (nSPS) is 19.2. The molecule has 1 heterocycles. The summed E-state index contributed by atoms with van der Waals surface area (Å²) in [7, 11) is 0. The second kappa shape index (κ2) is 7.12. The number of hydrogen-bond donors (Lipinski definition) is 1. The Morgan fingerprint density at radius 1 is 1.47 bits per heavy atom. The van der Waals surface area contributed by atoms with Crippen LogP contribution in [0.3, 0.4) is 0 Å². The van der Waals surface area contributed by atoms with E-state index in [1.807, 2.05) is 19.1 Å². The molecule has 1 aliphatic rings. The van der Waals surface area contributed by atoms with Gasteiger partial charge in [-0.15, -0.1) is 0 Å². The summed E-state index contributed by atoms with van der Waals surface area (Å²) in [4.78, 5) is 0. The van der Waals surface area contributed by atoms with Crippen molar-refractivity contribution in [3.05, 3.63) is 22.2 Å². The second-order valence-corrected chi connectivity index (χ2v) is 5.31. The predicted molar refractivity (Wildman–Crippen MR) is 75.7 cm³/mol. The van der Waals surface area contributed by atoms with Gasteiger partial charge in [0.15, 0.2) is 11.5 Å². The highest BCUT2D eigenvalue weighted by Crippen LogP contribution is 2.38. The van der Waals surface area contributed by atoms with Crippen LogP contribution in [0.4, 0.5) is 0 Å². The van der Waals surface area contributed by atoms with Gasteiger partial charge in [0.1, 0.15) is 6.10 Å². The van der Waals surface area contributed by atoms with Gasteiger partial charge in [-0.2, -0.15) is 0 Å². The van der Waals surface area contributed by atoms with E-state index in [0.29, 0.717) is 24.7 Å². The van der Waals surface area contributed by atoms with Gasteiger partial charge in [0.2, 0.25) is 0 Å². The Labute approximate surface area is 121 Å². The minimum Gasteiger partial charge on any atom is -0.490 e. The summed E-state index contributed by atoms with van der Waals surface area (Å²) < 4.78 is 17.8. The quantitative estimate of drug-likeness (QED) is 0.901. The molecule has 1 N–H and O–H groups in total. The number of aliphatic hydroxyl groups excluding tert-OH is 1. The maximum absolute atomic E-state index is 9.23. The number of halogens is 1. The molecule has 4 nitrogen and oxygen atoms in total. The van der Waals surface area contributed by atoms with E-state index in [9.17, 15) is 5.11 Å². The molecule has 1 fully saturated rings. The molecule has 1 aromatic carbocycles. The maximum Gasteiger partial charge on any atom is 0.175 e. The SMILES string of the molecule is CCOc1cc(CO)cc(Br)c1OC1CCCOC1. The number of ether oxygens (including phenoxy) is 3. The Morgan fingerprint density at radius 2 is 2.32 bits per heavy atom. The molecule has 19 heavy (non-hydrogen) atoms. The van der Waals surface area contributed by atoms with Crippen LogP contribution in [0.1, 0.15) is 25.3 Å². The van der Waals surface area contributed by atoms with E-state index in [4.69, 9.17) is 14.2 Å². The van der Waals surface area contributed by atoms with Crippen LogP contribution in [0, 0.1) is 0 Å². The molecule has 5 heteroatoms. The number of hydrogen-bond acceptors (Lipinski definition) is 4. The standard InChI is InChI=1S/C14H19BrO4/c1-2-18-13-7-10(8-16)6-12(15)14(13)19-11-4-3-5-17-9-11/h6-7,11,16H,2-5,8-9H2,1H3. The minimum atomic E-state index is -0.0223. The third-order valence-electron chi connectivity index (χ3n) is 2.95. The van der Waals surface area contributed by atoms with Gasteiger partial charge in [0.25, 0.3) is 0 Å². The second-order valence-electron chi connectivity index (χ2n) is 4.45. The molecule has 0 aromatic heterocycles. The average molecular weight is 331 g/mol. The van der Waals surface area contributed by atoms with Crippen molar-refractivity contribution in [1.29, 1.82) is 0 Å². The fraction of sp³-hybridized carbons (Fsp3) is 0.571. The van der Waals surface area contributed by atoms with Gasteiger partial charge >= 0.3 is 0 Å². The van der Waals surface area contributed by atoms with Crippen LogP contribution in [0.5, 0.6) is 11.5 Å². The smallest absolute Gasteiger partial charge is 0.175 e. The first kappa shape index (κ1) is 14.6. The fourth-order valence-electron chi connectivity index (χ4n) is 2.06. The van der Waals surface area contributed by atoms with E-state index >= 15 is 0 Å². The van der Waals surface area contributed by atoms with Gasteiger partial charge in [-0.1, -0.05) is 0 Å². The van der Waals surface area contributed by atoms with Crippen molar-refractivity contribution in [1.82, 2.24) is 0 Å². The minimum absolute atomic E-state index is 0.0223. The van der Waals surface area contributed by atoms with Gasteiger partial charge in [0.05, 0.1) is 24.3 Å². The molecule has 0 spiro atoms. The zero-order valence-electron chi connectivity index (χ0n) is 11.0. The molecule has 1 atom stereocenters. The van der Waals surface area contributed by atoms with Gasteiger partial charge in [0, 0.05) is 6.61 Å². The van der Waals surface area contributed by atoms with Crippen LogP contribution in [-0.2, 0) is 11.3 Å². The van der Waals surface area contributed by atoms with E-state index in [-0.39, 0.29) is 12.7 Å². The lowest BCUT2D eigenvalue weighted by molar-refractivity contribution is 0.00589. The van der Waals surface area contributed by atoms with Crippen molar-refractivity contribution in [2.24, 2.45) is 0 Å². The van der Waals surface area contributed by atoms with Crippen LogP contribution >= 0.6 is 15.9 Å². The van der Waals surface area contributed by atoms with Crippen LogP contribution in [0.15, 0.2) is 16.6 Å². The van der Waals surface area contributed by atoms with E-state index in [0.717, 1.165) is 29.5 Å². The van der Waals surface area contributed by atoms with Crippen molar-refractivity contribution in [3.8, 4) is 11.5 Å². The topological polar surface area (TPSA) is 47.9 Å². The summed E-state index contributed by atoms with van der Waals surface area (Å²) in [6.45, 7) is 3.87. The maximum atomic E-state index is 9.23. The molecule has 0 aliphatic carbocycles. The highest BCUT2D eigenvalue weighted by Gasteiger charge is 2.20. The monoisotopic (exact) mass is 330 g/mol. The third kappa shape index (κ3) is 3.84. The lowest BCUT2D eigenvalue weighted by Gasteiger charge is -2.25. The molecular weight excluding hydrogens is 312 g/mol. The summed E-state index contributed by atoms with van der Waals surface area (Å²) in [5.41, 5.74) is 0.794. The largest absolute Gasteiger partial charge is 0.490 e. The van der Waals surface area contributed by atoms with Crippen LogP contribution in [-0.4, -0.2) is 31.0 Å². The highest BCUT2D eigenvalue weighted by molar-refractivity contribution is 9.10. The summed E-state index contributed by atoms with van der Waals surface area (Å²) in [5.74, 6) is 1.35. The molecule has 0 saturated carbocycles. The number of benzene rings is 1. The fourth-order valence-corrected chi connectivity index (χ4v) is 2.64. The van der Waals surface area contributed by atoms with Crippen molar-refractivity contribution in [2.45, 2.75) is 32.5 Å². The zero-order chi connectivity index (χ0) is 13.7. The van der Waals surface area contributed by atoms with Gasteiger partial charge in [-0.25, -0.2) is 0 Å². The Bertz CT molecular complexity index is 416.